The molecule has 0 aromatic heterocycles. The molecule has 0 saturated heterocycles. The van der Waals surface area contributed by atoms with Crippen molar-refractivity contribution in [2.24, 2.45) is 5.92 Å². The fourth-order valence-electron chi connectivity index (χ4n) is 3.73. The third-order valence-corrected chi connectivity index (χ3v) is 4.92. The van der Waals surface area contributed by atoms with E-state index in [0.717, 1.165) is 5.92 Å². The normalized spacial score (nSPS) is 28.9. The molecule has 0 amide bonds. The first-order valence-electron chi connectivity index (χ1n) is 8.63. The lowest BCUT2D eigenvalue weighted by Crippen LogP contribution is -2.07. The Hall–Kier alpha value is -0.260. The van der Waals surface area contributed by atoms with Gasteiger partial charge in [0, 0.05) is 0 Å². The summed E-state index contributed by atoms with van der Waals surface area (Å²) in [6, 6.07) is 0. The molecule has 0 aliphatic heterocycles. The average molecular weight is 248 g/mol. The molecule has 0 heterocycles. The van der Waals surface area contributed by atoms with Crippen molar-refractivity contribution in [1.82, 2.24) is 0 Å². The minimum absolute atomic E-state index is 1.04. The Balaban J connectivity index is 1.76. The van der Waals surface area contributed by atoms with Crippen molar-refractivity contribution in [3.05, 3.63) is 11.6 Å². The van der Waals surface area contributed by atoms with Gasteiger partial charge < -0.3 is 0 Å². The number of rotatable bonds is 0. The van der Waals surface area contributed by atoms with Gasteiger partial charge in [0.2, 0.25) is 0 Å². The van der Waals surface area contributed by atoms with Crippen LogP contribution in [0, 0.1) is 5.92 Å². The van der Waals surface area contributed by atoms with Gasteiger partial charge in [-0.2, -0.15) is 0 Å². The Morgan fingerprint density at radius 3 is 2.00 bits per heavy atom. The maximum absolute atomic E-state index is 2.56. The molecule has 18 heavy (non-hydrogen) atoms. The van der Waals surface area contributed by atoms with E-state index in [1.54, 1.807) is 5.57 Å². The summed E-state index contributed by atoms with van der Waals surface area (Å²) in [7, 11) is 0. The minimum Gasteiger partial charge on any atom is -0.0853 e. The highest BCUT2D eigenvalue weighted by Gasteiger charge is 2.14. The molecule has 0 spiro atoms. The number of fused-ring (bicyclic) bond motifs is 2. The Labute approximate surface area is 114 Å². The van der Waals surface area contributed by atoms with Gasteiger partial charge in [-0.15, -0.1) is 0 Å². The molecule has 0 nitrogen and oxygen atoms in total. The van der Waals surface area contributed by atoms with Crippen molar-refractivity contribution in [3.63, 3.8) is 0 Å². The van der Waals surface area contributed by atoms with Gasteiger partial charge in [-0.05, 0) is 38.0 Å². The van der Waals surface area contributed by atoms with Gasteiger partial charge in [-0.1, -0.05) is 75.9 Å². The van der Waals surface area contributed by atoms with E-state index >= 15 is 0 Å². The molecule has 0 aromatic carbocycles. The van der Waals surface area contributed by atoms with Crippen LogP contribution in [-0.4, -0.2) is 0 Å². The van der Waals surface area contributed by atoms with Crippen LogP contribution in [0.2, 0.25) is 0 Å². The molecule has 1 unspecified atom stereocenters. The third kappa shape index (κ3) is 5.59. The van der Waals surface area contributed by atoms with Crippen molar-refractivity contribution >= 4 is 0 Å². The zero-order valence-electron chi connectivity index (χ0n) is 12.3. The van der Waals surface area contributed by atoms with E-state index in [4.69, 9.17) is 0 Å². The second kappa shape index (κ2) is 8.77. The summed E-state index contributed by atoms with van der Waals surface area (Å²) >= 11 is 0. The summed E-state index contributed by atoms with van der Waals surface area (Å²) in [5.74, 6) is 1.04. The van der Waals surface area contributed by atoms with Gasteiger partial charge >= 0.3 is 0 Å². The summed E-state index contributed by atoms with van der Waals surface area (Å²) in [5, 5.41) is 0. The molecule has 104 valence electrons. The van der Waals surface area contributed by atoms with E-state index in [-0.39, 0.29) is 0 Å². The van der Waals surface area contributed by atoms with Gasteiger partial charge in [-0.3, -0.25) is 0 Å². The lowest BCUT2D eigenvalue weighted by molar-refractivity contribution is 0.403. The van der Waals surface area contributed by atoms with Crippen LogP contribution in [0.1, 0.15) is 96.3 Å². The monoisotopic (exact) mass is 248 g/mol. The van der Waals surface area contributed by atoms with Crippen LogP contribution < -0.4 is 0 Å². The molecule has 2 rings (SSSR count). The Kier molecular flexibility index (Phi) is 6.90. The van der Waals surface area contributed by atoms with E-state index < -0.39 is 0 Å². The van der Waals surface area contributed by atoms with Crippen molar-refractivity contribution in [2.75, 3.05) is 0 Å². The second-order valence-corrected chi connectivity index (χ2v) is 6.58. The molecule has 2 bridgehead atoms. The Morgan fingerprint density at radius 1 is 0.667 bits per heavy atom. The van der Waals surface area contributed by atoms with Crippen LogP contribution in [0.3, 0.4) is 0 Å². The SMILES string of the molecule is C1=C2CCCCCCCCCCCCC(CC1)C2. The van der Waals surface area contributed by atoms with Gasteiger partial charge in [-0.25, -0.2) is 0 Å². The first kappa shape index (κ1) is 14.2. The van der Waals surface area contributed by atoms with E-state index in [9.17, 15) is 0 Å². The molecule has 0 heteroatoms. The van der Waals surface area contributed by atoms with Crippen LogP contribution in [0.25, 0.3) is 0 Å². The largest absolute Gasteiger partial charge is 0.0853 e. The molecule has 1 saturated carbocycles. The van der Waals surface area contributed by atoms with Crippen LogP contribution in [-0.2, 0) is 0 Å². The molecule has 0 aromatic rings. The van der Waals surface area contributed by atoms with E-state index in [1.807, 2.05) is 0 Å². The fourth-order valence-corrected chi connectivity index (χ4v) is 3.73. The number of hydrogen-bond acceptors (Lipinski definition) is 0. The summed E-state index contributed by atoms with van der Waals surface area (Å²) in [6.45, 7) is 0. The van der Waals surface area contributed by atoms with Crippen LogP contribution in [0.5, 0.6) is 0 Å². The maximum Gasteiger partial charge on any atom is -0.0292 e. The highest BCUT2D eigenvalue weighted by molar-refractivity contribution is 5.06. The summed E-state index contributed by atoms with van der Waals surface area (Å²) in [6.07, 6.45) is 24.7. The van der Waals surface area contributed by atoms with Gasteiger partial charge in [0.25, 0.3) is 0 Å². The third-order valence-electron chi connectivity index (χ3n) is 4.92. The summed E-state index contributed by atoms with van der Waals surface area (Å²) < 4.78 is 0. The molecular formula is C18H32. The first-order chi connectivity index (χ1) is 8.95. The highest BCUT2D eigenvalue weighted by Crippen LogP contribution is 2.31. The molecule has 2 aliphatic rings. The van der Waals surface area contributed by atoms with Gasteiger partial charge in [0.05, 0.1) is 0 Å². The average Bonchev–Trinajstić information content (AvgIpc) is 2.40. The molecule has 0 N–H and O–H groups in total. The minimum atomic E-state index is 1.04. The van der Waals surface area contributed by atoms with Crippen LogP contribution in [0.4, 0.5) is 0 Å². The number of allylic oxidation sites excluding steroid dienone is 2. The zero-order valence-corrected chi connectivity index (χ0v) is 12.3. The Bertz CT molecular complexity index is 238. The molecular weight excluding hydrogens is 216 g/mol. The fraction of sp³-hybridized carbons (Fsp3) is 0.889. The first-order valence-corrected chi connectivity index (χ1v) is 8.63. The predicted molar refractivity (Wildman–Crippen MR) is 80.8 cm³/mol. The molecule has 1 atom stereocenters. The zero-order chi connectivity index (χ0) is 12.5. The van der Waals surface area contributed by atoms with E-state index in [0.29, 0.717) is 0 Å². The second-order valence-electron chi connectivity index (χ2n) is 6.58. The van der Waals surface area contributed by atoms with Crippen molar-refractivity contribution < 1.29 is 0 Å². The summed E-state index contributed by atoms with van der Waals surface area (Å²) in [5.41, 5.74) is 1.81. The van der Waals surface area contributed by atoms with Crippen molar-refractivity contribution in [3.8, 4) is 0 Å². The van der Waals surface area contributed by atoms with Crippen LogP contribution in [0.15, 0.2) is 11.6 Å². The van der Waals surface area contributed by atoms with Crippen molar-refractivity contribution in [1.29, 1.82) is 0 Å². The topological polar surface area (TPSA) is 0 Å². The smallest absolute Gasteiger partial charge is 0.0292 e. The van der Waals surface area contributed by atoms with Gasteiger partial charge in [0.15, 0.2) is 0 Å². The predicted octanol–water partition coefficient (Wildman–Crippen LogP) is 6.41. The summed E-state index contributed by atoms with van der Waals surface area (Å²) in [4.78, 5) is 0. The van der Waals surface area contributed by atoms with E-state index in [1.165, 1.54) is 96.3 Å². The lowest BCUT2D eigenvalue weighted by atomic mass is 9.83. The quantitative estimate of drug-likeness (QED) is 0.435. The highest BCUT2D eigenvalue weighted by atomic mass is 14.2. The maximum atomic E-state index is 2.56. The standard InChI is InChI=1S/C18H32/c1-2-4-6-8-10-13-18-15-11-14-17(16-18)12-9-7-5-3-1/h14,18H,1-13,15-16H2. The lowest BCUT2D eigenvalue weighted by Gasteiger charge is -2.23. The van der Waals surface area contributed by atoms with Crippen molar-refractivity contribution in [2.45, 2.75) is 96.3 Å². The Morgan fingerprint density at radius 2 is 1.28 bits per heavy atom. The number of hydrogen-bond donors (Lipinski definition) is 0. The molecule has 0 radical (unpaired) electrons. The van der Waals surface area contributed by atoms with Gasteiger partial charge in [0.1, 0.15) is 0 Å². The molecule has 1 fully saturated rings. The van der Waals surface area contributed by atoms with E-state index in [2.05, 4.69) is 6.08 Å². The molecule has 2 aliphatic carbocycles. The van der Waals surface area contributed by atoms with Crippen LogP contribution >= 0.6 is 0 Å².